The van der Waals surface area contributed by atoms with Crippen LogP contribution in [0.2, 0.25) is 0 Å². The third-order valence-corrected chi connectivity index (χ3v) is 2.90. The number of aromatic nitrogens is 1. The van der Waals surface area contributed by atoms with Crippen molar-refractivity contribution in [2.45, 2.75) is 25.1 Å². The van der Waals surface area contributed by atoms with Crippen LogP contribution in [-0.2, 0) is 0 Å². The summed E-state index contributed by atoms with van der Waals surface area (Å²) in [5, 5.41) is 0. The standard InChI is InChI=1S/C12H17BrN2O/c1-9(13)6-8-15(3)12(16)11-5-4-7-14-10(11)2/h4-5,7,9H,6,8H2,1-3H3. The molecule has 1 heterocycles. The number of hydrogen-bond acceptors (Lipinski definition) is 2. The number of rotatable bonds is 4. The molecule has 0 radical (unpaired) electrons. The van der Waals surface area contributed by atoms with E-state index in [0.29, 0.717) is 10.4 Å². The van der Waals surface area contributed by atoms with Crippen LogP contribution in [-0.4, -0.2) is 34.2 Å². The molecule has 16 heavy (non-hydrogen) atoms. The highest BCUT2D eigenvalue weighted by atomic mass is 79.9. The molecular formula is C12H17BrN2O. The molecule has 0 aromatic carbocycles. The zero-order valence-corrected chi connectivity index (χ0v) is 11.5. The van der Waals surface area contributed by atoms with Crippen LogP contribution in [0, 0.1) is 6.92 Å². The first-order valence-electron chi connectivity index (χ1n) is 5.33. The van der Waals surface area contributed by atoms with Gasteiger partial charge < -0.3 is 4.90 Å². The molecule has 0 aliphatic carbocycles. The van der Waals surface area contributed by atoms with E-state index in [1.165, 1.54) is 0 Å². The minimum atomic E-state index is 0.0405. The molecule has 4 heteroatoms. The van der Waals surface area contributed by atoms with E-state index in [9.17, 15) is 4.79 Å². The summed E-state index contributed by atoms with van der Waals surface area (Å²) in [5.41, 5.74) is 1.47. The topological polar surface area (TPSA) is 33.2 Å². The monoisotopic (exact) mass is 284 g/mol. The highest BCUT2D eigenvalue weighted by Crippen LogP contribution is 2.09. The van der Waals surface area contributed by atoms with E-state index >= 15 is 0 Å². The first-order chi connectivity index (χ1) is 7.52. The van der Waals surface area contributed by atoms with Gasteiger partial charge in [-0.1, -0.05) is 22.9 Å². The SMILES string of the molecule is Cc1ncccc1C(=O)N(C)CCC(C)Br. The third-order valence-electron chi connectivity index (χ3n) is 2.45. The van der Waals surface area contributed by atoms with E-state index in [4.69, 9.17) is 0 Å². The molecule has 0 N–H and O–H groups in total. The molecule has 0 spiro atoms. The van der Waals surface area contributed by atoms with Gasteiger partial charge in [0.05, 0.1) is 5.56 Å². The average Bonchev–Trinajstić information content (AvgIpc) is 2.25. The number of alkyl halides is 1. The van der Waals surface area contributed by atoms with E-state index in [0.717, 1.165) is 18.7 Å². The van der Waals surface area contributed by atoms with E-state index in [2.05, 4.69) is 27.8 Å². The maximum absolute atomic E-state index is 12.0. The Morgan fingerprint density at radius 2 is 2.31 bits per heavy atom. The lowest BCUT2D eigenvalue weighted by Gasteiger charge is -2.18. The number of hydrogen-bond donors (Lipinski definition) is 0. The van der Waals surface area contributed by atoms with Crippen molar-refractivity contribution in [1.29, 1.82) is 0 Å². The second kappa shape index (κ2) is 5.99. The quantitative estimate of drug-likeness (QED) is 0.797. The van der Waals surface area contributed by atoms with Crippen LogP contribution in [0.5, 0.6) is 0 Å². The summed E-state index contributed by atoms with van der Waals surface area (Å²) in [4.78, 5) is 18.3. The Balaban J connectivity index is 2.67. The molecule has 1 rings (SSSR count). The fraction of sp³-hybridized carbons (Fsp3) is 0.500. The zero-order valence-electron chi connectivity index (χ0n) is 9.90. The molecule has 3 nitrogen and oxygen atoms in total. The predicted octanol–water partition coefficient (Wildman–Crippen LogP) is 2.64. The maximum atomic E-state index is 12.0. The Bertz CT molecular complexity index is 366. The van der Waals surface area contributed by atoms with E-state index in [1.807, 2.05) is 20.0 Å². The fourth-order valence-corrected chi connectivity index (χ4v) is 1.59. The van der Waals surface area contributed by atoms with Gasteiger partial charge in [-0.2, -0.15) is 0 Å². The van der Waals surface area contributed by atoms with E-state index < -0.39 is 0 Å². The molecule has 1 aromatic rings. The van der Waals surface area contributed by atoms with Gasteiger partial charge in [-0.15, -0.1) is 0 Å². The Morgan fingerprint density at radius 3 is 2.88 bits per heavy atom. The van der Waals surface area contributed by atoms with Crippen molar-refractivity contribution in [3.8, 4) is 0 Å². The minimum absolute atomic E-state index is 0.0405. The minimum Gasteiger partial charge on any atom is -0.342 e. The molecule has 88 valence electrons. The first-order valence-corrected chi connectivity index (χ1v) is 6.25. The average molecular weight is 285 g/mol. The van der Waals surface area contributed by atoms with Gasteiger partial charge in [0.1, 0.15) is 0 Å². The van der Waals surface area contributed by atoms with Gasteiger partial charge in [0.2, 0.25) is 0 Å². The molecule has 0 saturated heterocycles. The Morgan fingerprint density at radius 1 is 1.62 bits per heavy atom. The van der Waals surface area contributed by atoms with Crippen molar-refractivity contribution in [3.63, 3.8) is 0 Å². The summed E-state index contributed by atoms with van der Waals surface area (Å²) in [6, 6.07) is 3.61. The van der Waals surface area contributed by atoms with Gasteiger partial charge in [-0.25, -0.2) is 0 Å². The van der Waals surface area contributed by atoms with Crippen LogP contribution in [0.25, 0.3) is 0 Å². The molecule has 0 aliphatic heterocycles. The van der Waals surface area contributed by atoms with Crippen LogP contribution in [0.15, 0.2) is 18.3 Å². The normalized spacial score (nSPS) is 12.2. The van der Waals surface area contributed by atoms with Crippen molar-refractivity contribution < 1.29 is 4.79 Å². The maximum Gasteiger partial charge on any atom is 0.255 e. The molecule has 0 saturated carbocycles. The van der Waals surface area contributed by atoms with Gasteiger partial charge in [0.25, 0.3) is 5.91 Å². The van der Waals surface area contributed by atoms with Crippen LogP contribution in [0.4, 0.5) is 0 Å². The molecule has 0 aliphatic rings. The van der Waals surface area contributed by atoms with Crippen molar-refractivity contribution >= 4 is 21.8 Å². The van der Waals surface area contributed by atoms with Gasteiger partial charge in [0, 0.05) is 30.3 Å². The van der Waals surface area contributed by atoms with Crippen molar-refractivity contribution in [2.75, 3.05) is 13.6 Å². The lowest BCUT2D eigenvalue weighted by Crippen LogP contribution is -2.29. The number of aryl methyl sites for hydroxylation is 1. The Hall–Kier alpha value is -0.900. The molecular weight excluding hydrogens is 268 g/mol. The molecule has 1 aromatic heterocycles. The number of amides is 1. The van der Waals surface area contributed by atoms with Crippen LogP contribution in [0.3, 0.4) is 0 Å². The van der Waals surface area contributed by atoms with Gasteiger partial charge >= 0.3 is 0 Å². The zero-order chi connectivity index (χ0) is 12.1. The van der Waals surface area contributed by atoms with Crippen LogP contribution < -0.4 is 0 Å². The van der Waals surface area contributed by atoms with Crippen LogP contribution in [0.1, 0.15) is 29.4 Å². The lowest BCUT2D eigenvalue weighted by atomic mass is 10.2. The lowest BCUT2D eigenvalue weighted by molar-refractivity contribution is 0.0793. The number of halogens is 1. The number of pyridine rings is 1. The summed E-state index contributed by atoms with van der Waals surface area (Å²) < 4.78 is 0. The smallest absolute Gasteiger partial charge is 0.255 e. The summed E-state index contributed by atoms with van der Waals surface area (Å²) in [6.07, 6.45) is 2.65. The fourth-order valence-electron chi connectivity index (χ4n) is 1.39. The second-order valence-electron chi connectivity index (χ2n) is 3.93. The molecule has 0 fully saturated rings. The van der Waals surface area contributed by atoms with Gasteiger partial charge in [0.15, 0.2) is 0 Å². The number of carbonyl (C=O) groups is 1. The van der Waals surface area contributed by atoms with Crippen molar-refractivity contribution in [1.82, 2.24) is 9.88 Å². The molecule has 1 amide bonds. The van der Waals surface area contributed by atoms with Gasteiger partial charge in [-0.3, -0.25) is 9.78 Å². The highest BCUT2D eigenvalue weighted by molar-refractivity contribution is 9.09. The molecule has 0 bridgehead atoms. The van der Waals surface area contributed by atoms with E-state index in [-0.39, 0.29) is 5.91 Å². The molecule has 1 atom stereocenters. The summed E-state index contributed by atoms with van der Waals surface area (Å²) in [5.74, 6) is 0.0405. The van der Waals surface area contributed by atoms with Crippen molar-refractivity contribution in [3.05, 3.63) is 29.6 Å². The Kier molecular flexibility index (Phi) is 4.93. The Labute approximate surface area is 105 Å². The third kappa shape index (κ3) is 3.59. The summed E-state index contributed by atoms with van der Waals surface area (Å²) in [7, 11) is 1.82. The van der Waals surface area contributed by atoms with E-state index in [1.54, 1.807) is 17.2 Å². The predicted molar refractivity (Wildman–Crippen MR) is 68.9 cm³/mol. The summed E-state index contributed by atoms with van der Waals surface area (Å²) in [6.45, 7) is 4.68. The molecule has 1 unspecified atom stereocenters. The highest BCUT2D eigenvalue weighted by Gasteiger charge is 2.14. The first kappa shape index (κ1) is 13.2. The largest absolute Gasteiger partial charge is 0.342 e. The van der Waals surface area contributed by atoms with Crippen molar-refractivity contribution in [2.24, 2.45) is 0 Å². The summed E-state index contributed by atoms with van der Waals surface area (Å²) >= 11 is 3.47. The number of carbonyl (C=O) groups excluding carboxylic acids is 1. The van der Waals surface area contributed by atoms with Gasteiger partial charge in [-0.05, 0) is 25.5 Å². The number of nitrogens with zero attached hydrogens (tertiary/aromatic N) is 2. The van der Waals surface area contributed by atoms with Crippen LogP contribution >= 0.6 is 15.9 Å². The second-order valence-corrected chi connectivity index (χ2v) is 5.50.